The third-order valence-electron chi connectivity index (χ3n) is 6.66. The largest absolute Gasteiger partial charge is 0.491 e. The van der Waals surface area contributed by atoms with E-state index in [-0.39, 0.29) is 25.0 Å². The lowest BCUT2D eigenvalue weighted by Crippen LogP contribution is -2.49. The highest BCUT2D eigenvalue weighted by molar-refractivity contribution is 5.93. The molecule has 0 aliphatic carbocycles. The molecule has 0 radical (unpaired) electrons. The molecular formula is C32H41N3O4. The number of carbonyl (C=O) groups excluding carboxylic acids is 2. The second-order valence-corrected chi connectivity index (χ2v) is 10.6. The molecule has 0 bridgehead atoms. The van der Waals surface area contributed by atoms with Gasteiger partial charge >= 0.3 is 0 Å². The van der Waals surface area contributed by atoms with Gasteiger partial charge in [0.05, 0.1) is 6.61 Å². The monoisotopic (exact) mass is 531 g/mol. The number of benzene rings is 3. The van der Waals surface area contributed by atoms with Gasteiger partial charge in [-0.25, -0.2) is 0 Å². The van der Waals surface area contributed by atoms with Gasteiger partial charge in [-0.05, 0) is 60.7 Å². The number of nitrogens with zero attached hydrogens (tertiary/aromatic N) is 2. The minimum atomic E-state index is -0.680. The maximum Gasteiger partial charge on any atom is 0.246 e. The summed E-state index contributed by atoms with van der Waals surface area (Å²) in [5, 5.41) is 11.3. The fourth-order valence-electron chi connectivity index (χ4n) is 4.37. The number of aliphatic hydroxyl groups excluding tert-OH is 1. The first kappa shape index (κ1) is 29.9. The highest BCUT2D eigenvalue weighted by Crippen LogP contribution is 2.21. The zero-order chi connectivity index (χ0) is 28.4. The lowest BCUT2D eigenvalue weighted by Gasteiger charge is -2.31. The molecule has 39 heavy (non-hydrogen) atoms. The molecule has 208 valence electrons. The molecule has 0 aliphatic rings. The fraction of sp³-hybridized carbons (Fsp3) is 0.375. The van der Waals surface area contributed by atoms with Crippen molar-refractivity contribution in [3.63, 3.8) is 0 Å². The van der Waals surface area contributed by atoms with Crippen molar-refractivity contribution in [3.05, 3.63) is 90.0 Å². The van der Waals surface area contributed by atoms with Gasteiger partial charge < -0.3 is 25.4 Å². The Hall–Kier alpha value is -3.68. The molecule has 0 fully saturated rings. The van der Waals surface area contributed by atoms with Crippen molar-refractivity contribution in [3.8, 4) is 5.75 Å². The lowest BCUT2D eigenvalue weighted by molar-refractivity contribution is -0.141. The van der Waals surface area contributed by atoms with Crippen molar-refractivity contribution >= 4 is 22.6 Å². The van der Waals surface area contributed by atoms with Gasteiger partial charge in [-0.15, -0.1) is 0 Å². The summed E-state index contributed by atoms with van der Waals surface area (Å²) in [4.78, 5) is 30.1. The molecule has 3 aromatic rings. The van der Waals surface area contributed by atoms with E-state index in [9.17, 15) is 9.59 Å². The molecular weight excluding hydrogens is 490 g/mol. The Balaban J connectivity index is 1.80. The van der Waals surface area contributed by atoms with E-state index in [1.807, 2.05) is 68.4 Å². The highest BCUT2D eigenvalue weighted by atomic mass is 16.5. The second kappa shape index (κ2) is 13.9. The number of carbonyl (C=O) groups is 2. The number of likely N-dealkylation sites (N-methyl/N-ethyl adjacent to an activating group) is 2. The van der Waals surface area contributed by atoms with Crippen LogP contribution in [0, 0.1) is 0 Å². The number of para-hydroxylation sites is 1. The number of nitrogens with two attached hydrogens (primary N) is 1. The van der Waals surface area contributed by atoms with E-state index in [0.717, 1.165) is 21.9 Å². The zero-order valence-electron chi connectivity index (χ0n) is 23.5. The molecule has 2 amide bonds. The summed E-state index contributed by atoms with van der Waals surface area (Å²) in [6, 6.07) is 21.2. The van der Waals surface area contributed by atoms with Gasteiger partial charge in [0.1, 0.15) is 18.4 Å². The van der Waals surface area contributed by atoms with Gasteiger partial charge in [0, 0.05) is 32.6 Å². The smallest absolute Gasteiger partial charge is 0.246 e. The zero-order valence-corrected chi connectivity index (χ0v) is 23.5. The summed E-state index contributed by atoms with van der Waals surface area (Å²) in [7, 11) is 3.44. The Morgan fingerprint density at radius 1 is 1.03 bits per heavy atom. The average molecular weight is 532 g/mol. The first-order valence-corrected chi connectivity index (χ1v) is 13.4. The maximum absolute atomic E-state index is 13.8. The van der Waals surface area contributed by atoms with Crippen LogP contribution >= 0.6 is 0 Å². The summed E-state index contributed by atoms with van der Waals surface area (Å²) < 4.78 is 5.65. The van der Waals surface area contributed by atoms with Crippen molar-refractivity contribution in [1.29, 1.82) is 0 Å². The first-order chi connectivity index (χ1) is 18.6. The Morgan fingerprint density at radius 3 is 2.44 bits per heavy atom. The van der Waals surface area contributed by atoms with Crippen LogP contribution in [-0.4, -0.2) is 72.2 Å². The molecule has 7 heteroatoms. The van der Waals surface area contributed by atoms with E-state index in [1.165, 1.54) is 11.0 Å². The van der Waals surface area contributed by atoms with Crippen molar-refractivity contribution in [2.45, 2.75) is 44.7 Å². The molecule has 0 saturated heterocycles. The van der Waals surface area contributed by atoms with Gasteiger partial charge in [-0.1, -0.05) is 66.7 Å². The molecule has 7 nitrogen and oxygen atoms in total. The molecule has 0 heterocycles. The van der Waals surface area contributed by atoms with Gasteiger partial charge in [0.25, 0.3) is 0 Å². The Bertz CT molecular complexity index is 1280. The van der Waals surface area contributed by atoms with E-state index < -0.39 is 11.6 Å². The van der Waals surface area contributed by atoms with Crippen molar-refractivity contribution in [1.82, 2.24) is 9.80 Å². The summed E-state index contributed by atoms with van der Waals surface area (Å²) >= 11 is 0. The molecule has 0 spiro atoms. The first-order valence-electron chi connectivity index (χ1n) is 13.4. The quantitative estimate of drug-likeness (QED) is 0.326. The van der Waals surface area contributed by atoms with Crippen LogP contribution in [0.3, 0.4) is 0 Å². The molecule has 0 aliphatic heterocycles. The molecule has 0 saturated carbocycles. The lowest BCUT2D eigenvalue weighted by atomic mass is 9.99. The van der Waals surface area contributed by atoms with E-state index in [0.29, 0.717) is 31.6 Å². The van der Waals surface area contributed by atoms with Gasteiger partial charge in [0.15, 0.2) is 0 Å². The second-order valence-electron chi connectivity index (χ2n) is 10.6. The number of ether oxygens (including phenoxy) is 1. The van der Waals surface area contributed by atoms with E-state index in [1.54, 1.807) is 25.1 Å². The van der Waals surface area contributed by atoms with Crippen LogP contribution < -0.4 is 10.5 Å². The molecule has 0 unspecified atom stereocenters. The topological polar surface area (TPSA) is 96.1 Å². The summed E-state index contributed by atoms with van der Waals surface area (Å²) in [5.74, 6) is 0.315. The number of hydrogen-bond donors (Lipinski definition) is 2. The minimum Gasteiger partial charge on any atom is -0.491 e. The Labute approximate surface area is 231 Å². The normalized spacial score (nSPS) is 12.5. The Kier molecular flexibility index (Phi) is 10.7. The number of hydrogen-bond acceptors (Lipinski definition) is 5. The predicted octanol–water partition coefficient (Wildman–Crippen LogP) is 3.97. The van der Waals surface area contributed by atoms with E-state index >= 15 is 0 Å². The van der Waals surface area contributed by atoms with Crippen LogP contribution in [0.15, 0.2) is 78.9 Å². The summed E-state index contributed by atoms with van der Waals surface area (Å²) in [5.41, 5.74) is 7.56. The van der Waals surface area contributed by atoms with E-state index in [2.05, 4.69) is 12.1 Å². The predicted molar refractivity (Wildman–Crippen MR) is 157 cm³/mol. The summed E-state index contributed by atoms with van der Waals surface area (Å²) in [6.07, 6.45) is 4.79. The molecule has 3 N–H and O–H groups in total. The third kappa shape index (κ3) is 8.94. The van der Waals surface area contributed by atoms with Gasteiger partial charge in [-0.2, -0.15) is 0 Å². The van der Waals surface area contributed by atoms with Crippen molar-refractivity contribution in [2.24, 2.45) is 5.73 Å². The fourth-order valence-corrected chi connectivity index (χ4v) is 4.37. The van der Waals surface area contributed by atoms with Crippen molar-refractivity contribution in [2.75, 3.05) is 33.9 Å². The number of amides is 2. The van der Waals surface area contributed by atoms with Crippen molar-refractivity contribution < 1.29 is 19.4 Å². The van der Waals surface area contributed by atoms with Crippen LogP contribution in [0.5, 0.6) is 5.75 Å². The average Bonchev–Trinajstić information content (AvgIpc) is 2.92. The van der Waals surface area contributed by atoms with Crippen LogP contribution in [0.4, 0.5) is 0 Å². The number of aliphatic hydroxyl groups is 1. The van der Waals surface area contributed by atoms with Gasteiger partial charge in [-0.3, -0.25) is 9.59 Å². The number of rotatable bonds is 13. The van der Waals surface area contributed by atoms with Crippen LogP contribution in [-0.2, 0) is 22.4 Å². The number of fused-ring (bicyclic) bond motifs is 1. The van der Waals surface area contributed by atoms with E-state index in [4.69, 9.17) is 15.6 Å². The molecule has 3 rings (SSSR count). The highest BCUT2D eigenvalue weighted by Gasteiger charge is 2.29. The molecule has 3 aromatic carbocycles. The Morgan fingerprint density at radius 2 is 1.72 bits per heavy atom. The molecule has 0 aromatic heterocycles. The van der Waals surface area contributed by atoms with Crippen LogP contribution in [0.25, 0.3) is 10.8 Å². The van der Waals surface area contributed by atoms with Crippen LogP contribution in [0.1, 0.15) is 31.4 Å². The standard InChI is InChI=1S/C32H41N3O4/c1-32(2,33)18-9-14-30(37)35(4)28(23-24-15-16-25-10-5-6-12-27(25)22-24)31(38)34(3)19-17-26-11-7-8-13-29(26)39-21-20-36/h5-16,22,28,36H,17-21,23,33H2,1-4H3/b14-9+/t28-/m1/s1. The SMILES string of the molecule is CN(CCc1ccccc1OCCO)C(=O)[C@@H](Cc1ccc2ccccc2c1)N(C)C(=O)/C=C/CC(C)(C)N. The van der Waals surface area contributed by atoms with Gasteiger partial charge in [0.2, 0.25) is 11.8 Å². The minimum absolute atomic E-state index is 0.0687. The summed E-state index contributed by atoms with van der Waals surface area (Å²) in [6.45, 7) is 4.40. The van der Waals surface area contributed by atoms with Crippen LogP contribution in [0.2, 0.25) is 0 Å². The molecule has 1 atom stereocenters. The third-order valence-corrected chi connectivity index (χ3v) is 6.66. The maximum atomic E-state index is 13.8.